The van der Waals surface area contributed by atoms with E-state index in [0.29, 0.717) is 18.4 Å². The van der Waals surface area contributed by atoms with E-state index in [2.05, 4.69) is 15.9 Å². The molecular weight excluding hydrogens is 259 g/mol. The molecule has 82 valence electrons. The third-order valence-corrected chi connectivity index (χ3v) is 3.18. The van der Waals surface area contributed by atoms with Gasteiger partial charge in [-0.05, 0) is 30.5 Å². The molecule has 0 saturated heterocycles. The van der Waals surface area contributed by atoms with Gasteiger partial charge in [0.05, 0.1) is 4.83 Å². The number of halogens is 2. The largest absolute Gasteiger partial charge is 0.298 e. The first-order valence-electron chi connectivity index (χ1n) is 4.96. The molecule has 1 atom stereocenters. The van der Waals surface area contributed by atoms with Crippen molar-refractivity contribution in [2.45, 2.75) is 31.5 Å². The van der Waals surface area contributed by atoms with Gasteiger partial charge < -0.3 is 0 Å². The van der Waals surface area contributed by atoms with Crippen LogP contribution in [0, 0.1) is 12.7 Å². The van der Waals surface area contributed by atoms with E-state index in [-0.39, 0.29) is 16.4 Å². The monoisotopic (exact) mass is 272 g/mol. The smallest absolute Gasteiger partial charge is 0.146 e. The molecule has 0 radical (unpaired) electrons. The minimum Gasteiger partial charge on any atom is -0.298 e. The summed E-state index contributed by atoms with van der Waals surface area (Å²) in [5.41, 5.74) is 1.48. The topological polar surface area (TPSA) is 17.1 Å². The Kier molecular flexibility index (Phi) is 4.45. The molecule has 1 aromatic rings. The lowest BCUT2D eigenvalue weighted by molar-refractivity contribution is -0.118. The van der Waals surface area contributed by atoms with Crippen LogP contribution in [0.25, 0.3) is 0 Å². The van der Waals surface area contributed by atoms with Crippen LogP contribution in [0.3, 0.4) is 0 Å². The molecule has 0 heterocycles. The molecule has 1 rings (SSSR count). The Bertz CT molecular complexity index is 363. The summed E-state index contributed by atoms with van der Waals surface area (Å²) in [6.07, 6.45) is 1.05. The number of aryl methyl sites for hydroxylation is 1. The molecule has 0 spiro atoms. The van der Waals surface area contributed by atoms with Gasteiger partial charge in [0.15, 0.2) is 0 Å². The van der Waals surface area contributed by atoms with Crippen LogP contribution in [0.5, 0.6) is 0 Å². The van der Waals surface area contributed by atoms with Gasteiger partial charge in [-0.2, -0.15) is 0 Å². The standard InChI is InChI=1S/C12H14BrFO/c1-3-12(15)10(13)6-9-5-4-8(2)11(14)7-9/h4-5,7,10H,3,6H2,1-2H3. The Labute approximate surface area is 97.8 Å². The van der Waals surface area contributed by atoms with Crippen LogP contribution in [0.1, 0.15) is 24.5 Å². The third kappa shape index (κ3) is 3.42. The predicted octanol–water partition coefficient (Wildman–Crippen LogP) is 3.42. The van der Waals surface area contributed by atoms with Crippen molar-refractivity contribution in [3.8, 4) is 0 Å². The maximum absolute atomic E-state index is 13.2. The fourth-order valence-electron chi connectivity index (χ4n) is 1.31. The van der Waals surface area contributed by atoms with E-state index in [0.717, 1.165) is 5.56 Å². The molecule has 1 nitrogen and oxygen atoms in total. The highest BCUT2D eigenvalue weighted by Crippen LogP contribution is 2.15. The first-order chi connectivity index (χ1) is 7.04. The van der Waals surface area contributed by atoms with Crippen LogP contribution < -0.4 is 0 Å². The van der Waals surface area contributed by atoms with Gasteiger partial charge >= 0.3 is 0 Å². The average Bonchev–Trinajstić information content (AvgIpc) is 2.22. The zero-order chi connectivity index (χ0) is 11.4. The molecule has 3 heteroatoms. The van der Waals surface area contributed by atoms with Crippen molar-refractivity contribution < 1.29 is 9.18 Å². The van der Waals surface area contributed by atoms with Gasteiger partial charge in [-0.3, -0.25) is 4.79 Å². The second kappa shape index (κ2) is 5.40. The summed E-state index contributed by atoms with van der Waals surface area (Å²) < 4.78 is 13.2. The van der Waals surface area contributed by atoms with Crippen molar-refractivity contribution >= 4 is 21.7 Å². The van der Waals surface area contributed by atoms with Crippen LogP contribution in [-0.4, -0.2) is 10.6 Å². The lowest BCUT2D eigenvalue weighted by Gasteiger charge is -2.08. The highest BCUT2D eigenvalue weighted by molar-refractivity contribution is 9.10. The number of Topliss-reactive ketones (excluding diaryl/α,β-unsaturated/α-hetero) is 1. The normalized spacial score (nSPS) is 12.5. The maximum atomic E-state index is 13.2. The molecule has 0 bridgehead atoms. The summed E-state index contributed by atoms with van der Waals surface area (Å²) in [5, 5.41) is 0. The van der Waals surface area contributed by atoms with Crippen LogP contribution in [0.15, 0.2) is 18.2 Å². The first kappa shape index (κ1) is 12.4. The quantitative estimate of drug-likeness (QED) is 0.768. The van der Waals surface area contributed by atoms with Gasteiger partial charge in [-0.1, -0.05) is 35.0 Å². The van der Waals surface area contributed by atoms with Crippen LogP contribution >= 0.6 is 15.9 Å². The molecule has 15 heavy (non-hydrogen) atoms. The molecule has 1 unspecified atom stereocenters. The molecule has 0 aromatic heterocycles. The Balaban J connectivity index is 2.73. The highest BCUT2D eigenvalue weighted by Gasteiger charge is 2.13. The minimum absolute atomic E-state index is 0.149. The molecule has 0 saturated carbocycles. The number of hydrogen-bond acceptors (Lipinski definition) is 1. The average molecular weight is 273 g/mol. The number of alkyl halides is 1. The van der Waals surface area contributed by atoms with Crippen molar-refractivity contribution in [3.05, 3.63) is 35.1 Å². The maximum Gasteiger partial charge on any atom is 0.146 e. The Morgan fingerprint density at radius 2 is 2.20 bits per heavy atom. The summed E-state index contributed by atoms with van der Waals surface area (Å²) in [6.45, 7) is 3.55. The van der Waals surface area contributed by atoms with E-state index in [1.165, 1.54) is 6.07 Å². The highest BCUT2D eigenvalue weighted by atomic mass is 79.9. The Morgan fingerprint density at radius 3 is 2.73 bits per heavy atom. The van der Waals surface area contributed by atoms with Gasteiger partial charge in [0.2, 0.25) is 0 Å². The molecular formula is C12H14BrFO. The third-order valence-electron chi connectivity index (χ3n) is 2.35. The number of hydrogen-bond donors (Lipinski definition) is 0. The molecule has 0 N–H and O–H groups in total. The Hall–Kier alpha value is -0.700. The number of rotatable bonds is 4. The molecule has 0 aliphatic rings. The van der Waals surface area contributed by atoms with Crippen molar-refractivity contribution in [3.63, 3.8) is 0 Å². The van der Waals surface area contributed by atoms with E-state index < -0.39 is 0 Å². The van der Waals surface area contributed by atoms with Crippen molar-refractivity contribution in [2.24, 2.45) is 0 Å². The van der Waals surface area contributed by atoms with Gasteiger partial charge in [0, 0.05) is 6.42 Å². The summed E-state index contributed by atoms with van der Waals surface area (Å²) in [5.74, 6) is -0.0628. The van der Waals surface area contributed by atoms with Gasteiger partial charge in [-0.25, -0.2) is 4.39 Å². The zero-order valence-electron chi connectivity index (χ0n) is 8.89. The molecule has 1 aromatic carbocycles. The summed E-state index contributed by atoms with van der Waals surface area (Å²) in [6, 6.07) is 5.09. The van der Waals surface area contributed by atoms with Gasteiger partial charge in [0.25, 0.3) is 0 Å². The fourth-order valence-corrected chi connectivity index (χ4v) is 2.00. The molecule has 0 aliphatic carbocycles. The lowest BCUT2D eigenvalue weighted by Crippen LogP contribution is -2.15. The zero-order valence-corrected chi connectivity index (χ0v) is 10.5. The van der Waals surface area contributed by atoms with Crippen LogP contribution in [-0.2, 0) is 11.2 Å². The number of carbonyl (C=O) groups excluding carboxylic acids is 1. The SMILES string of the molecule is CCC(=O)C(Br)Cc1ccc(C)c(F)c1. The number of benzene rings is 1. The number of ketones is 1. The van der Waals surface area contributed by atoms with Gasteiger partial charge in [0.1, 0.15) is 11.6 Å². The second-order valence-corrected chi connectivity index (χ2v) is 4.68. The lowest BCUT2D eigenvalue weighted by atomic mass is 10.0. The van der Waals surface area contributed by atoms with Crippen LogP contribution in [0.4, 0.5) is 4.39 Å². The fraction of sp³-hybridized carbons (Fsp3) is 0.417. The molecule has 0 aliphatic heterocycles. The van der Waals surface area contributed by atoms with E-state index in [1.54, 1.807) is 13.0 Å². The predicted molar refractivity (Wildman–Crippen MR) is 62.9 cm³/mol. The van der Waals surface area contributed by atoms with Crippen LogP contribution in [0.2, 0.25) is 0 Å². The van der Waals surface area contributed by atoms with E-state index in [9.17, 15) is 9.18 Å². The minimum atomic E-state index is -0.212. The first-order valence-corrected chi connectivity index (χ1v) is 5.88. The number of carbonyl (C=O) groups is 1. The molecule has 0 fully saturated rings. The van der Waals surface area contributed by atoms with Crippen molar-refractivity contribution in [1.82, 2.24) is 0 Å². The van der Waals surface area contributed by atoms with E-state index in [1.807, 2.05) is 13.0 Å². The molecule has 0 amide bonds. The second-order valence-electron chi connectivity index (χ2n) is 3.58. The van der Waals surface area contributed by atoms with E-state index >= 15 is 0 Å². The van der Waals surface area contributed by atoms with Gasteiger partial charge in [-0.15, -0.1) is 0 Å². The van der Waals surface area contributed by atoms with Crippen molar-refractivity contribution in [2.75, 3.05) is 0 Å². The Morgan fingerprint density at radius 1 is 1.53 bits per heavy atom. The summed E-state index contributed by atoms with van der Waals surface area (Å²) in [4.78, 5) is 11.1. The van der Waals surface area contributed by atoms with E-state index in [4.69, 9.17) is 0 Å². The summed E-state index contributed by atoms with van der Waals surface area (Å²) in [7, 11) is 0. The summed E-state index contributed by atoms with van der Waals surface area (Å²) >= 11 is 3.31. The van der Waals surface area contributed by atoms with Crippen molar-refractivity contribution in [1.29, 1.82) is 0 Å².